The molecule has 0 amide bonds. The summed E-state index contributed by atoms with van der Waals surface area (Å²) in [5.74, 6) is 0.922. The van der Waals surface area contributed by atoms with E-state index >= 15 is 0 Å². The van der Waals surface area contributed by atoms with Crippen LogP contribution in [0.15, 0.2) is 46.3 Å². The lowest BCUT2D eigenvalue weighted by atomic mass is 10.0. The quantitative estimate of drug-likeness (QED) is 0.556. The molecule has 7 nitrogen and oxygen atoms in total. The smallest absolute Gasteiger partial charge is 0.274 e. The zero-order valence-electron chi connectivity index (χ0n) is 13.4. The molecular weight excluding hydrogens is 306 g/mol. The van der Waals surface area contributed by atoms with Crippen molar-refractivity contribution in [1.82, 2.24) is 15.2 Å². The van der Waals surface area contributed by atoms with Crippen molar-refractivity contribution in [2.24, 2.45) is 5.10 Å². The number of hydrogen-bond donors (Lipinski definition) is 2. The zero-order chi connectivity index (χ0) is 16.9. The fraction of sp³-hybridized carbons (Fsp3) is 0.176. The highest BCUT2D eigenvalue weighted by Gasteiger charge is 2.06. The van der Waals surface area contributed by atoms with E-state index < -0.39 is 0 Å². The van der Waals surface area contributed by atoms with Crippen LogP contribution in [0.3, 0.4) is 0 Å². The Labute approximate surface area is 138 Å². The Bertz CT molecular complexity index is 949. The molecule has 1 aromatic heterocycles. The van der Waals surface area contributed by atoms with Gasteiger partial charge in [0.25, 0.3) is 5.56 Å². The SMILES string of the molecule is CCOc1ccc2ccccc2c1/C=N\Nc1nnc(C)c(=O)[nH]1. The van der Waals surface area contributed by atoms with Gasteiger partial charge in [-0.25, -0.2) is 5.43 Å². The second-order valence-electron chi connectivity index (χ2n) is 5.09. The number of nitrogens with zero attached hydrogens (tertiary/aromatic N) is 3. The van der Waals surface area contributed by atoms with Crippen LogP contribution in [0.1, 0.15) is 18.2 Å². The van der Waals surface area contributed by atoms with Crippen LogP contribution in [0.25, 0.3) is 10.8 Å². The molecular formula is C17H17N5O2. The van der Waals surface area contributed by atoms with Crippen molar-refractivity contribution >= 4 is 22.9 Å². The minimum absolute atomic E-state index is 0.181. The molecule has 0 fully saturated rings. The highest BCUT2D eigenvalue weighted by molar-refractivity contribution is 6.02. The molecule has 24 heavy (non-hydrogen) atoms. The van der Waals surface area contributed by atoms with Gasteiger partial charge in [0.05, 0.1) is 12.8 Å². The van der Waals surface area contributed by atoms with E-state index in [1.54, 1.807) is 13.1 Å². The van der Waals surface area contributed by atoms with E-state index in [1.165, 1.54) is 0 Å². The van der Waals surface area contributed by atoms with Gasteiger partial charge in [-0.05, 0) is 30.7 Å². The Morgan fingerprint density at radius 1 is 1.25 bits per heavy atom. The van der Waals surface area contributed by atoms with Gasteiger partial charge in [0.15, 0.2) is 0 Å². The molecule has 0 saturated heterocycles. The molecule has 0 aliphatic heterocycles. The predicted octanol–water partition coefficient (Wildman–Crippen LogP) is 2.47. The summed E-state index contributed by atoms with van der Waals surface area (Å²) in [6, 6.07) is 11.9. The summed E-state index contributed by atoms with van der Waals surface area (Å²) in [4.78, 5) is 14.1. The maximum Gasteiger partial charge on any atom is 0.274 e. The third kappa shape index (κ3) is 3.24. The van der Waals surface area contributed by atoms with Crippen molar-refractivity contribution in [2.75, 3.05) is 12.0 Å². The summed E-state index contributed by atoms with van der Waals surface area (Å²) in [7, 11) is 0. The molecule has 0 saturated carbocycles. The molecule has 0 radical (unpaired) electrons. The van der Waals surface area contributed by atoms with Crippen LogP contribution >= 0.6 is 0 Å². The normalized spacial score (nSPS) is 11.1. The zero-order valence-corrected chi connectivity index (χ0v) is 13.4. The largest absolute Gasteiger partial charge is 0.493 e. The first-order chi connectivity index (χ1) is 11.7. The minimum atomic E-state index is -0.303. The first kappa shape index (κ1) is 15.7. The lowest BCUT2D eigenvalue weighted by Gasteiger charge is -2.10. The van der Waals surface area contributed by atoms with Gasteiger partial charge in [0, 0.05) is 5.56 Å². The van der Waals surface area contributed by atoms with Crippen molar-refractivity contribution in [3.8, 4) is 5.75 Å². The van der Waals surface area contributed by atoms with Crippen LogP contribution in [0.4, 0.5) is 5.95 Å². The van der Waals surface area contributed by atoms with Crippen LogP contribution in [0, 0.1) is 6.92 Å². The lowest BCUT2D eigenvalue weighted by Crippen LogP contribution is -2.15. The number of rotatable bonds is 5. The fourth-order valence-electron chi connectivity index (χ4n) is 2.29. The maximum absolute atomic E-state index is 11.5. The van der Waals surface area contributed by atoms with Gasteiger partial charge in [-0.1, -0.05) is 30.3 Å². The first-order valence-electron chi connectivity index (χ1n) is 7.56. The monoisotopic (exact) mass is 323 g/mol. The molecule has 0 bridgehead atoms. The van der Waals surface area contributed by atoms with E-state index in [0.29, 0.717) is 12.3 Å². The number of hydrogen-bond acceptors (Lipinski definition) is 6. The van der Waals surface area contributed by atoms with Crippen molar-refractivity contribution < 1.29 is 4.74 Å². The van der Waals surface area contributed by atoms with Crippen molar-refractivity contribution in [3.05, 3.63) is 58.0 Å². The molecule has 2 aromatic carbocycles. The second-order valence-corrected chi connectivity index (χ2v) is 5.09. The van der Waals surface area contributed by atoms with Gasteiger partial charge in [0.2, 0.25) is 5.95 Å². The van der Waals surface area contributed by atoms with E-state index in [0.717, 1.165) is 22.1 Å². The Morgan fingerprint density at radius 2 is 2.08 bits per heavy atom. The number of aromatic amines is 1. The van der Waals surface area contributed by atoms with Crippen molar-refractivity contribution in [3.63, 3.8) is 0 Å². The molecule has 0 atom stereocenters. The number of aryl methyl sites for hydroxylation is 1. The van der Waals surface area contributed by atoms with Crippen molar-refractivity contribution in [1.29, 1.82) is 0 Å². The van der Waals surface area contributed by atoms with E-state index in [2.05, 4.69) is 25.7 Å². The summed E-state index contributed by atoms with van der Waals surface area (Å²) in [5, 5.41) is 13.8. The summed E-state index contributed by atoms with van der Waals surface area (Å²) < 4.78 is 5.68. The average Bonchev–Trinajstić information content (AvgIpc) is 2.60. The molecule has 0 spiro atoms. The Morgan fingerprint density at radius 3 is 2.88 bits per heavy atom. The number of anilines is 1. The average molecular weight is 323 g/mol. The molecule has 7 heteroatoms. The highest BCUT2D eigenvalue weighted by Crippen LogP contribution is 2.26. The molecule has 122 valence electrons. The fourth-order valence-corrected chi connectivity index (χ4v) is 2.29. The summed E-state index contributed by atoms with van der Waals surface area (Å²) >= 11 is 0. The molecule has 1 heterocycles. The maximum atomic E-state index is 11.5. The van der Waals surface area contributed by atoms with Crippen LogP contribution < -0.4 is 15.7 Å². The van der Waals surface area contributed by atoms with Gasteiger partial charge in [-0.15, -0.1) is 10.2 Å². The van der Waals surface area contributed by atoms with Crippen LogP contribution in [0.2, 0.25) is 0 Å². The summed E-state index contributed by atoms with van der Waals surface area (Å²) in [5.41, 5.74) is 3.53. The second kappa shape index (κ2) is 6.91. The molecule has 0 aliphatic carbocycles. The molecule has 3 aromatic rings. The number of H-pyrrole nitrogens is 1. The Balaban J connectivity index is 1.94. The van der Waals surface area contributed by atoms with Gasteiger partial charge < -0.3 is 4.74 Å². The highest BCUT2D eigenvalue weighted by atomic mass is 16.5. The number of nitrogens with one attached hydrogen (secondary N) is 2. The summed E-state index contributed by atoms with van der Waals surface area (Å²) in [6.07, 6.45) is 1.65. The van der Waals surface area contributed by atoms with Crippen LogP contribution in [0.5, 0.6) is 5.75 Å². The lowest BCUT2D eigenvalue weighted by molar-refractivity contribution is 0.340. The van der Waals surface area contributed by atoms with Gasteiger partial charge in [0.1, 0.15) is 11.4 Å². The number of ether oxygens (including phenoxy) is 1. The molecule has 0 unspecified atom stereocenters. The van der Waals surface area contributed by atoms with Crippen LogP contribution in [-0.2, 0) is 0 Å². The standard InChI is InChI=1S/C17H17N5O2/c1-3-24-15-9-8-12-6-4-5-7-13(12)14(15)10-18-21-17-19-16(23)11(2)20-22-17/h4-10H,3H2,1-2H3,(H2,19,21,22,23)/b18-10-. The van der Waals surface area contributed by atoms with E-state index in [9.17, 15) is 4.79 Å². The topological polar surface area (TPSA) is 92.3 Å². The third-order valence-corrected chi connectivity index (χ3v) is 3.46. The Kier molecular flexibility index (Phi) is 4.51. The number of aromatic nitrogens is 3. The van der Waals surface area contributed by atoms with E-state index in [1.807, 2.05) is 43.3 Å². The predicted molar refractivity (Wildman–Crippen MR) is 93.7 cm³/mol. The third-order valence-electron chi connectivity index (χ3n) is 3.46. The first-order valence-corrected chi connectivity index (χ1v) is 7.56. The number of fused-ring (bicyclic) bond motifs is 1. The van der Waals surface area contributed by atoms with Gasteiger partial charge in [-0.3, -0.25) is 9.78 Å². The van der Waals surface area contributed by atoms with Crippen LogP contribution in [-0.4, -0.2) is 28.0 Å². The summed E-state index contributed by atoms with van der Waals surface area (Å²) in [6.45, 7) is 4.08. The number of hydrazone groups is 1. The van der Waals surface area contributed by atoms with Gasteiger partial charge >= 0.3 is 0 Å². The van der Waals surface area contributed by atoms with Gasteiger partial charge in [-0.2, -0.15) is 5.10 Å². The Hall–Kier alpha value is -3.22. The van der Waals surface area contributed by atoms with E-state index in [-0.39, 0.29) is 11.5 Å². The number of benzene rings is 2. The van der Waals surface area contributed by atoms with Crippen molar-refractivity contribution in [2.45, 2.75) is 13.8 Å². The van der Waals surface area contributed by atoms with E-state index in [4.69, 9.17) is 4.74 Å². The minimum Gasteiger partial charge on any atom is -0.493 e. The molecule has 0 aliphatic rings. The molecule has 3 rings (SSSR count). The molecule has 2 N–H and O–H groups in total.